The summed E-state index contributed by atoms with van der Waals surface area (Å²) < 4.78 is 0. The molecule has 1 aromatic rings. The number of hydrogen-bond acceptors (Lipinski definition) is 4. The lowest BCUT2D eigenvalue weighted by atomic mass is 9.37. The van der Waals surface area contributed by atoms with Gasteiger partial charge in [-0.2, -0.15) is 11.8 Å². The highest BCUT2D eigenvalue weighted by molar-refractivity contribution is 7.99. The summed E-state index contributed by atoms with van der Waals surface area (Å²) in [6.45, 7) is 26.1. The number of carbonyl (C=O) groups is 1. The summed E-state index contributed by atoms with van der Waals surface area (Å²) in [6.07, 6.45) is 44.7. The molecular weight excluding hydrogens is 689 g/mol. The van der Waals surface area contributed by atoms with Gasteiger partial charge >= 0.3 is 0 Å². The number of rotatable bonds is 7. The van der Waals surface area contributed by atoms with Crippen molar-refractivity contribution in [2.75, 3.05) is 24.6 Å². The van der Waals surface area contributed by atoms with Crippen LogP contribution in [0.15, 0.2) is 43.0 Å². The minimum absolute atomic E-state index is 0.149. The van der Waals surface area contributed by atoms with Gasteiger partial charge in [0.05, 0.1) is 0 Å². The van der Waals surface area contributed by atoms with Crippen LogP contribution in [0.5, 0.6) is 0 Å². The lowest BCUT2D eigenvalue weighted by molar-refractivity contribution is -0.172. The second-order valence-corrected chi connectivity index (χ2v) is 18.0. The van der Waals surface area contributed by atoms with Gasteiger partial charge in [-0.3, -0.25) is 4.79 Å². The summed E-state index contributed by atoms with van der Waals surface area (Å²) in [5, 5.41) is 8.08. The van der Waals surface area contributed by atoms with Crippen LogP contribution >= 0.6 is 11.8 Å². The van der Waals surface area contributed by atoms with Crippen molar-refractivity contribution in [3.63, 3.8) is 0 Å². The van der Waals surface area contributed by atoms with Gasteiger partial charge in [0.25, 0.3) is 0 Å². The molecular formula is C51H80N2OS. The zero-order valence-corrected chi connectivity index (χ0v) is 37.4. The first-order valence-corrected chi connectivity index (χ1v) is 22.7. The van der Waals surface area contributed by atoms with E-state index in [-0.39, 0.29) is 5.41 Å². The van der Waals surface area contributed by atoms with E-state index >= 15 is 0 Å². The Balaban J connectivity index is 0.00000105. The number of benzene rings is 1. The van der Waals surface area contributed by atoms with Crippen molar-refractivity contribution in [1.82, 2.24) is 10.6 Å². The fourth-order valence-electron chi connectivity index (χ4n) is 12.6. The fraction of sp³-hybridized carbons (Fsp3) is 0.667. The molecule has 5 aliphatic carbocycles. The number of aldehydes is 1. The van der Waals surface area contributed by atoms with E-state index in [0.717, 1.165) is 54.7 Å². The van der Waals surface area contributed by atoms with Crippen molar-refractivity contribution in [3.05, 3.63) is 54.1 Å². The van der Waals surface area contributed by atoms with Crippen LogP contribution in [0, 0.1) is 84.4 Å². The molecule has 55 heavy (non-hydrogen) atoms. The third-order valence-electron chi connectivity index (χ3n) is 14.4. The highest BCUT2D eigenvalue weighted by Crippen LogP contribution is 2.72. The molecule has 1 heterocycles. The standard InChI is InChI=1S/C38H56N2OS.C3H6.2C2H6.3C2H2/c1-35(2)30(27-9-7-26(24-41)8-10-27)13-18-37(4)33(35)15-19-36(3)31-14-20-38(40-22-21-39-28-16-23-42-25-28)17-5-6-32(38)29(31)11-12-34(36)37;1-3-2;5*1-2/h7-10,13,24,28-29,31-34,39-40H,5-6,11-12,14-23,25H2,1-4H3;3H,1H2,2H3;2*1-2H3;3*1-2H/t28?,29-,31?,32?,33?,34?,36-,37-,38-;;;;;;/m0....../s1. The van der Waals surface area contributed by atoms with Gasteiger partial charge in [0, 0.05) is 36.0 Å². The SMILES string of the molecule is C#C.C#C.C#C.C=CC.CC.CC.CC1(C)C(c2ccc(C=O)cc2)=CC[C@@]2(C)C1CC[C@@]1(C)C3CC[C@@]4(NCCNC5CCSC5)CCCC4[C@H]3CCC12. The Morgan fingerprint density at radius 2 is 1.42 bits per heavy atom. The van der Waals surface area contributed by atoms with Crippen LogP contribution in [0.4, 0.5) is 0 Å². The number of hydrogen-bond donors (Lipinski definition) is 2. The summed E-state index contributed by atoms with van der Waals surface area (Å²) in [7, 11) is 0. The van der Waals surface area contributed by atoms with Crippen molar-refractivity contribution in [2.24, 2.45) is 45.8 Å². The van der Waals surface area contributed by atoms with E-state index in [1.807, 2.05) is 46.8 Å². The zero-order chi connectivity index (χ0) is 41.9. The van der Waals surface area contributed by atoms with E-state index in [0.29, 0.717) is 22.3 Å². The summed E-state index contributed by atoms with van der Waals surface area (Å²) >= 11 is 2.11. The molecule has 0 amide bonds. The lowest BCUT2D eigenvalue weighted by Crippen LogP contribution is -2.63. The Morgan fingerprint density at radius 1 is 0.782 bits per heavy atom. The molecule has 7 rings (SSSR count). The van der Waals surface area contributed by atoms with Crippen molar-refractivity contribution < 1.29 is 4.79 Å². The van der Waals surface area contributed by atoms with Crippen LogP contribution in [0.3, 0.4) is 0 Å². The molecule has 2 N–H and O–H groups in total. The highest BCUT2D eigenvalue weighted by atomic mass is 32.2. The minimum Gasteiger partial charge on any atom is -0.312 e. The minimum atomic E-state index is 0.149. The first-order chi connectivity index (χ1) is 26.6. The topological polar surface area (TPSA) is 41.1 Å². The van der Waals surface area contributed by atoms with Gasteiger partial charge in [-0.05, 0) is 134 Å². The number of allylic oxidation sites excluding steroid dienone is 3. The molecule has 0 aromatic heterocycles. The molecule has 0 bridgehead atoms. The summed E-state index contributed by atoms with van der Waals surface area (Å²) in [5.41, 5.74) is 5.03. The lowest BCUT2D eigenvalue weighted by Gasteiger charge is -2.68. The van der Waals surface area contributed by atoms with Gasteiger partial charge in [-0.15, -0.1) is 45.1 Å². The summed E-state index contributed by atoms with van der Waals surface area (Å²) in [6, 6.07) is 9.12. The Bertz CT molecular complexity index is 1350. The summed E-state index contributed by atoms with van der Waals surface area (Å²) in [4.78, 5) is 11.3. The third-order valence-corrected chi connectivity index (χ3v) is 15.6. The van der Waals surface area contributed by atoms with Crippen molar-refractivity contribution >= 4 is 23.6 Å². The van der Waals surface area contributed by atoms with E-state index in [1.54, 1.807) is 6.08 Å². The molecule has 1 aliphatic heterocycles. The highest BCUT2D eigenvalue weighted by Gasteiger charge is 2.65. The predicted molar refractivity (Wildman–Crippen MR) is 246 cm³/mol. The van der Waals surface area contributed by atoms with Gasteiger partial charge in [-0.25, -0.2) is 0 Å². The van der Waals surface area contributed by atoms with Crippen LogP contribution < -0.4 is 10.6 Å². The first kappa shape index (κ1) is 50.3. The second-order valence-electron chi connectivity index (χ2n) is 16.8. The quantitative estimate of drug-likeness (QED) is 0.125. The van der Waals surface area contributed by atoms with Crippen LogP contribution in [0.2, 0.25) is 0 Å². The number of thioether (sulfide) groups is 1. The smallest absolute Gasteiger partial charge is 0.150 e. The predicted octanol–water partition coefficient (Wildman–Crippen LogP) is 12.4. The Kier molecular flexibility index (Phi) is 22.1. The van der Waals surface area contributed by atoms with Gasteiger partial charge < -0.3 is 10.6 Å². The van der Waals surface area contributed by atoms with Crippen LogP contribution in [0.25, 0.3) is 5.57 Å². The summed E-state index contributed by atoms with van der Waals surface area (Å²) in [5.74, 6) is 6.91. The molecule has 9 atom stereocenters. The van der Waals surface area contributed by atoms with Crippen LogP contribution in [-0.2, 0) is 0 Å². The molecule has 306 valence electrons. The third kappa shape index (κ3) is 10.6. The average Bonchev–Trinajstić information content (AvgIpc) is 3.91. The molecule has 4 saturated carbocycles. The number of nitrogens with one attached hydrogen (secondary N) is 2. The maximum absolute atomic E-state index is 11.3. The molecule has 0 radical (unpaired) electrons. The molecule has 1 aromatic carbocycles. The van der Waals surface area contributed by atoms with E-state index in [2.05, 4.69) is 113 Å². The normalized spacial score (nSPS) is 34.1. The van der Waals surface area contributed by atoms with Crippen molar-refractivity contribution in [1.29, 1.82) is 0 Å². The molecule has 5 fully saturated rings. The molecule has 5 unspecified atom stereocenters. The maximum Gasteiger partial charge on any atom is 0.150 e. The molecule has 1 saturated heterocycles. The molecule has 3 nitrogen and oxygen atoms in total. The van der Waals surface area contributed by atoms with Gasteiger partial charge in [0.15, 0.2) is 0 Å². The van der Waals surface area contributed by atoms with Gasteiger partial charge in [0.2, 0.25) is 0 Å². The Labute approximate surface area is 345 Å². The van der Waals surface area contributed by atoms with Crippen molar-refractivity contribution in [3.8, 4) is 38.5 Å². The Hall–Kier alpha value is -2.68. The average molecular weight is 769 g/mol. The van der Waals surface area contributed by atoms with E-state index in [4.69, 9.17) is 0 Å². The number of terminal acetylenes is 3. The molecule has 0 spiro atoms. The van der Waals surface area contributed by atoms with Crippen LogP contribution in [-0.4, -0.2) is 42.5 Å². The van der Waals surface area contributed by atoms with Gasteiger partial charge in [0.1, 0.15) is 6.29 Å². The largest absolute Gasteiger partial charge is 0.312 e. The van der Waals surface area contributed by atoms with Gasteiger partial charge in [-0.1, -0.05) is 98.2 Å². The second kappa shape index (κ2) is 24.2. The first-order valence-electron chi connectivity index (χ1n) is 21.5. The monoisotopic (exact) mass is 769 g/mol. The molecule has 6 aliphatic rings. The number of carbonyl (C=O) groups excluding carboxylic acids is 1. The van der Waals surface area contributed by atoms with E-state index < -0.39 is 0 Å². The molecule has 4 heteroatoms. The van der Waals surface area contributed by atoms with Crippen molar-refractivity contribution in [2.45, 2.75) is 145 Å². The zero-order valence-electron chi connectivity index (χ0n) is 36.6. The van der Waals surface area contributed by atoms with E-state index in [1.165, 1.54) is 93.3 Å². The maximum atomic E-state index is 11.3. The number of fused-ring (bicyclic) bond motifs is 7. The van der Waals surface area contributed by atoms with Crippen LogP contribution in [0.1, 0.15) is 149 Å². The van der Waals surface area contributed by atoms with E-state index in [9.17, 15) is 4.79 Å². The fourth-order valence-corrected chi connectivity index (χ4v) is 13.8. The Morgan fingerprint density at radius 3 is 2.00 bits per heavy atom.